The molecule has 0 aromatic heterocycles. The first-order chi connectivity index (χ1) is 13.3. The van der Waals surface area contributed by atoms with Crippen LogP contribution in [-0.4, -0.2) is 63.3 Å². The molecule has 0 bridgehead atoms. The number of aliphatic imine (C=N–C) groups is 1. The Morgan fingerprint density at radius 3 is 2.43 bits per heavy atom. The number of fused-ring (bicyclic) bond motifs is 3. The van der Waals surface area contributed by atoms with Crippen LogP contribution in [0.4, 0.5) is 4.79 Å². The number of urea groups is 1. The van der Waals surface area contributed by atoms with Gasteiger partial charge in [0.2, 0.25) is 5.96 Å². The summed E-state index contributed by atoms with van der Waals surface area (Å²) in [4.78, 5) is 37.7. The molecule has 0 spiro atoms. The van der Waals surface area contributed by atoms with Crippen molar-refractivity contribution in [3.63, 3.8) is 0 Å². The third kappa shape index (κ3) is 2.61. The molecular weight excluding hydrogens is 354 g/mol. The number of likely N-dealkylation sites (N-methyl/N-ethyl adjacent to an activating group) is 1. The highest BCUT2D eigenvalue weighted by Crippen LogP contribution is 2.38. The molecule has 7 nitrogen and oxygen atoms in total. The molecule has 28 heavy (non-hydrogen) atoms. The Labute approximate surface area is 165 Å². The standard InChI is InChI=1S/C21H25N5O2/c1-13(2)11-25-19(27)17-18(23(5)21(25)28)22-20-24(14(3)15(4)26(17)20)12-16-9-7-6-8-10-16/h6-10,17-18H,1,11-12H2,2-5H3. The monoisotopic (exact) mass is 379 g/mol. The van der Waals surface area contributed by atoms with Crippen molar-refractivity contribution >= 4 is 17.9 Å². The predicted octanol–water partition coefficient (Wildman–Crippen LogP) is 2.59. The minimum atomic E-state index is -0.534. The maximum absolute atomic E-state index is 13.2. The molecule has 3 aliphatic rings. The highest BCUT2D eigenvalue weighted by Gasteiger charge is 2.55. The minimum Gasteiger partial charge on any atom is -0.310 e. The van der Waals surface area contributed by atoms with E-state index in [4.69, 9.17) is 4.99 Å². The van der Waals surface area contributed by atoms with Gasteiger partial charge >= 0.3 is 6.03 Å². The SMILES string of the molecule is C=C(C)CN1C(=O)C2C(N=C3N(Cc4ccccc4)C(C)=C(C)N32)N(C)C1=O. The quantitative estimate of drug-likeness (QED) is 0.755. The number of rotatable bonds is 4. The average molecular weight is 379 g/mol. The number of benzene rings is 1. The van der Waals surface area contributed by atoms with E-state index in [0.29, 0.717) is 6.54 Å². The van der Waals surface area contributed by atoms with Gasteiger partial charge in [-0.2, -0.15) is 0 Å². The summed E-state index contributed by atoms with van der Waals surface area (Å²) in [6, 6.07) is 9.30. The van der Waals surface area contributed by atoms with Crippen molar-refractivity contribution in [2.75, 3.05) is 13.6 Å². The second-order valence-corrected chi connectivity index (χ2v) is 7.68. The Morgan fingerprint density at radius 2 is 1.79 bits per heavy atom. The van der Waals surface area contributed by atoms with Gasteiger partial charge in [0.25, 0.3) is 5.91 Å². The fourth-order valence-corrected chi connectivity index (χ4v) is 4.05. The topological polar surface area (TPSA) is 59.5 Å². The van der Waals surface area contributed by atoms with Crippen LogP contribution in [0.3, 0.4) is 0 Å². The van der Waals surface area contributed by atoms with Gasteiger partial charge < -0.3 is 9.80 Å². The summed E-state index contributed by atoms with van der Waals surface area (Å²) in [5, 5.41) is 0. The van der Waals surface area contributed by atoms with Gasteiger partial charge in [0.1, 0.15) is 0 Å². The van der Waals surface area contributed by atoms with E-state index >= 15 is 0 Å². The largest absolute Gasteiger partial charge is 0.328 e. The van der Waals surface area contributed by atoms with Crippen molar-refractivity contribution in [2.24, 2.45) is 4.99 Å². The molecule has 1 fully saturated rings. The summed E-state index contributed by atoms with van der Waals surface area (Å²) >= 11 is 0. The van der Waals surface area contributed by atoms with E-state index in [2.05, 4.69) is 23.6 Å². The molecule has 1 aromatic rings. The van der Waals surface area contributed by atoms with Crippen molar-refractivity contribution < 1.29 is 9.59 Å². The molecule has 4 rings (SSSR count). The lowest BCUT2D eigenvalue weighted by atomic mass is 10.1. The lowest BCUT2D eigenvalue weighted by Crippen LogP contribution is -2.64. The zero-order valence-electron chi connectivity index (χ0n) is 16.7. The van der Waals surface area contributed by atoms with Crippen molar-refractivity contribution in [2.45, 2.75) is 39.5 Å². The Balaban J connectivity index is 1.69. The van der Waals surface area contributed by atoms with E-state index in [1.807, 2.05) is 43.9 Å². The minimum absolute atomic E-state index is 0.219. The smallest absolute Gasteiger partial charge is 0.310 e. The fourth-order valence-electron chi connectivity index (χ4n) is 4.05. The summed E-state index contributed by atoms with van der Waals surface area (Å²) in [6.45, 7) is 10.6. The molecule has 2 unspecified atom stereocenters. The van der Waals surface area contributed by atoms with Gasteiger partial charge in [0.05, 0.1) is 13.1 Å². The van der Waals surface area contributed by atoms with Gasteiger partial charge in [-0.25, -0.2) is 9.79 Å². The van der Waals surface area contributed by atoms with Crippen LogP contribution in [0.5, 0.6) is 0 Å². The molecule has 3 amide bonds. The third-order valence-electron chi connectivity index (χ3n) is 5.62. The van der Waals surface area contributed by atoms with Crippen LogP contribution in [0.2, 0.25) is 0 Å². The Kier molecular flexibility index (Phi) is 4.25. The first-order valence-corrected chi connectivity index (χ1v) is 9.39. The summed E-state index contributed by atoms with van der Waals surface area (Å²) in [7, 11) is 1.71. The second kappa shape index (κ2) is 6.51. The van der Waals surface area contributed by atoms with Crippen LogP contribution in [0.15, 0.2) is 58.9 Å². The second-order valence-electron chi connectivity index (χ2n) is 7.68. The van der Waals surface area contributed by atoms with Gasteiger partial charge in [-0.05, 0) is 26.3 Å². The first kappa shape index (κ1) is 18.3. The highest BCUT2D eigenvalue weighted by atomic mass is 16.2. The Morgan fingerprint density at radius 1 is 1.11 bits per heavy atom. The molecule has 7 heteroatoms. The lowest BCUT2D eigenvalue weighted by Gasteiger charge is -2.40. The maximum Gasteiger partial charge on any atom is 0.328 e. The van der Waals surface area contributed by atoms with Crippen LogP contribution in [0, 0.1) is 0 Å². The normalized spacial score (nSPS) is 24.1. The van der Waals surface area contributed by atoms with Crippen molar-refractivity contribution in [1.82, 2.24) is 19.6 Å². The fraction of sp³-hybridized carbons (Fsp3) is 0.381. The Hall–Kier alpha value is -3.09. The van der Waals surface area contributed by atoms with Crippen molar-refractivity contribution in [3.05, 3.63) is 59.4 Å². The van der Waals surface area contributed by atoms with Crippen LogP contribution in [-0.2, 0) is 11.3 Å². The molecule has 1 saturated heterocycles. The molecule has 0 radical (unpaired) electrons. The number of nitrogens with zero attached hydrogens (tertiary/aromatic N) is 5. The van der Waals surface area contributed by atoms with E-state index in [9.17, 15) is 9.59 Å². The predicted molar refractivity (Wildman–Crippen MR) is 107 cm³/mol. The lowest BCUT2D eigenvalue weighted by molar-refractivity contribution is -0.136. The molecule has 0 saturated carbocycles. The maximum atomic E-state index is 13.2. The van der Waals surface area contributed by atoms with Gasteiger partial charge in [-0.15, -0.1) is 0 Å². The third-order valence-corrected chi connectivity index (χ3v) is 5.62. The van der Waals surface area contributed by atoms with Gasteiger partial charge in [0.15, 0.2) is 12.2 Å². The van der Waals surface area contributed by atoms with Crippen LogP contribution in [0.25, 0.3) is 0 Å². The number of allylic oxidation sites excluding steroid dienone is 2. The highest BCUT2D eigenvalue weighted by molar-refractivity contribution is 6.05. The number of amides is 3. The summed E-state index contributed by atoms with van der Waals surface area (Å²) in [6.07, 6.45) is -0.516. The van der Waals surface area contributed by atoms with Gasteiger partial charge in [0, 0.05) is 18.4 Å². The molecule has 1 aromatic carbocycles. The van der Waals surface area contributed by atoms with E-state index in [-0.39, 0.29) is 18.5 Å². The molecule has 3 heterocycles. The zero-order chi connectivity index (χ0) is 20.2. The molecular formula is C21H25N5O2. The number of carbonyl (C=O) groups excluding carboxylic acids is 2. The number of carbonyl (C=O) groups is 2. The van der Waals surface area contributed by atoms with Crippen LogP contribution >= 0.6 is 0 Å². The number of hydrogen-bond acceptors (Lipinski definition) is 5. The summed E-state index contributed by atoms with van der Waals surface area (Å²) in [5.74, 6) is 0.516. The average Bonchev–Trinajstić information content (AvgIpc) is 3.16. The molecule has 146 valence electrons. The Bertz CT molecular complexity index is 920. The zero-order valence-corrected chi connectivity index (χ0v) is 16.7. The molecule has 2 atom stereocenters. The van der Waals surface area contributed by atoms with Crippen molar-refractivity contribution in [3.8, 4) is 0 Å². The van der Waals surface area contributed by atoms with E-state index < -0.39 is 12.2 Å². The van der Waals surface area contributed by atoms with E-state index in [0.717, 1.165) is 28.5 Å². The van der Waals surface area contributed by atoms with Crippen molar-refractivity contribution in [1.29, 1.82) is 0 Å². The number of guanidine groups is 1. The first-order valence-electron chi connectivity index (χ1n) is 9.39. The van der Waals surface area contributed by atoms with E-state index in [1.54, 1.807) is 11.9 Å². The number of imide groups is 1. The van der Waals surface area contributed by atoms with Gasteiger partial charge in [-0.1, -0.05) is 42.5 Å². The van der Waals surface area contributed by atoms with Crippen LogP contribution < -0.4 is 0 Å². The van der Waals surface area contributed by atoms with E-state index in [1.165, 1.54) is 4.90 Å². The molecule has 3 aliphatic heterocycles. The molecule has 0 aliphatic carbocycles. The summed E-state index contributed by atoms with van der Waals surface area (Å²) < 4.78 is 0. The summed E-state index contributed by atoms with van der Waals surface area (Å²) in [5.41, 5.74) is 3.99. The number of hydrogen-bond donors (Lipinski definition) is 0. The van der Waals surface area contributed by atoms with Crippen LogP contribution in [0.1, 0.15) is 26.3 Å². The molecule has 0 N–H and O–H groups in total. The van der Waals surface area contributed by atoms with Gasteiger partial charge in [-0.3, -0.25) is 14.6 Å².